The lowest BCUT2D eigenvalue weighted by atomic mass is 10.0. The van der Waals surface area contributed by atoms with Crippen LogP contribution >= 0.6 is 11.6 Å². The SMILES string of the molecule is CCNC(c1ccccc1Cl)C1CC1C. The zero-order chi connectivity index (χ0) is 10.8. The lowest BCUT2D eigenvalue weighted by Gasteiger charge is -2.19. The molecule has 1 saturated carbocycles. The van der Waals surface area contributed by atoms with Crippen molar-refractivity contribution in [2.45, 2.75) is 26.3 Å². The number of hydrogen-bond acceptors (Lipinski definition) is 1. The van der Waals surface area contributed by atoms with Crippen molar-refractivity contribution in [3.8, 4) is 0 Å². The number of halogens is 1. The van der Waals surface area contributed by atoms with Crippen molar-refractivity contribution in [3.63, 3.8) is 0 Å². The largest absolute Gasteiger partial charge is 0.310 e. The summed E-state index contributed by atoms with van der Waals surface area (Å²) < 4.78 is 0. The second-order valence-electron chi connectivity index (χ2n) is 4.43. The summed E-state index contributed by atoms with van der Waals surface area (Å²) in [6.07, 6.45) is 1.32. The topological polar surface area (TPSA) is 12.0 Å². The van der Waals surface area contributed by atoms with E-state index in [1.165, 1.54) is 12.0 Å². The first-order valence-corrected chi connectivity index (χ1v) is 6.09. The smallest absolute Gasteiger partial charge is 0.0453 e. The summed E-state index contributed by atoms with van der Waals surface area (Å²) in [5.41, 5.74) is 1.26. The molecule has 0 amide bonds. The third-order valence-electron chi connectivity index (χ3n) is 3.26. The molecule has 0 heterocycles. The summed E-state index contributed by atoms with van der Waals surface area (Å²) in [6, 6.07) is 8.62. The Labute approximate surface area is 96.8 Å². The molecule has 1 nitrogen and oxygen atoms in total. The van der Waals surface area contributed by atoms with Crippen LogP contribution in [0.4, 0.5) is 0 Å². The van der Waals surface area contributed by atoms with E-state index >= 15 is 0 Å². The van der Waals surface area contributed by atoms with Gasteiger partial charge < -0.3 is 5.32 Å². The molecular formula is C13H18ClN. The first kappa shape index (κ1) is 11.0. The van der Waals surface area contributed by atoms with Gasteiger partial charge in [0.2, 0.25) is 0 Å². The van der Waals surface area contributed by atoms with Crippen LogP contribution < -0.4 is 5.32 Å². The molecule has 1 aliphatic rings. The van der Waals surface area contributed by atoms with Crippen molar-refractivity contribution in [3.05, 3.63) is 34.9 Å². The van der Waals surface area contributed by atoms with Crippen LogP contribution in [0.1, 0.15) is 31.9 Å². The number of nitrogens with one attached hydrogen (secondary N) is 1. The number of hydrogen-bond donors (Lipinski definition) is 1. The maximum absolute atomic E-state index is 6.23. The van der Waals surface area contributed by atoms with Crippen molar-refractivity contribution >= 4 is 11.6 Å². The van der Waals surface area contributed by atoms with Crippen molar-refractivity contribution in [1.82, 2.24) is 5.32 Å². The zero-order valence-electron chi connectivity index (χ0n) is 9.33. The van der Waals surface area contributed by atoms with Gasteiger partial charge in [0.05, 0.1) is 0 Å². The van der Waals surface area contributed by atoms with E-state index in [0.717, 1.165) is 23.4 Å². The van der Waals surface area contributed by atoms with E-state index in [1.54, 1.807) is 0 Å². The first-order chi connectivity index (χ1) is 7.24. The number of rotatable bonds is 4. The second kappa shape index (κ2) is 4.54. The summed E-state index contributed by atoms with van der Waals surface area (Å²) in [5, 5.41) is 4.44. The van der Waals surface area contributed by atoms with Crippen LogP contribution in [0.15, 0.2) is 24.3 Å². The molecule has 3 atom stereocenters. The van der Waals surface area contributed by atoms with Gasteiger partial charge in [-0.15, -0.1) is 0 Å². The van der Waals surface area contributed by atoms with Crippen LogP contribution in [0, 0.1) is 11.8 Å². The lowest BCUT2D eigenvalue weighted by Crippen LogP contribution is -2.23. The van der Waals surface area contributed by atoms with Crippen molar-refractivity contribution in [2.75, 3.05) is 6.54 Å². The zero-order valence-corrected chi connectivity index (χ0v) is 10.1. The molecule has 15 heavy (non-hydrogen) atoms. The Balaban J connectivity index is 2.21. The molecule has 2 heteroatoms. The molecule has 1 fully saturated rings. The Kier molecular flexibility index (Phi) is 3.32. The van der Waals surface area contributed by atoms with E-state index in [0.29, 0.717) is 6.04 Å². The molecule has 0 spiro atoms. The molecule has 1 aromatic rings. The Morgan fingerprint density at radius 1 is 1.47 bits per heavy atom. The summed E-state index contributed by atoms with van der Waals surface area (Å²) in [7, 11) is 0. The molecule has 0 bridgehead atoms. The quantitative estimate of drug-likeness (QED) is 0.822. The molecule has 2 rings (SSSR count). The second-order valence-corrected chi connectivity index (χ2v) is 4.84. The summed E-state index contributed by atoms with van der Waals surface area (Å²) in [4.78, 5) is 0. The predicted octanol–water partition coefficient (Wildman–Crippen LogP) is 3.65. The highest BCUT2D eigenvalue weighted by Gasteiger charge is 2.40. The van der Waals surface area contributed by atoms with Gasteiger partial charge in [-0.05, 0) is 36.4 Å². The Morgan fingerprint density at radius 2 is 2.13 bits per heavy atom. The molecule has 82 valence electrons. The van der Waals surface area contributed by atoms with E-state index in [9.17, 15) is 0 Å². The fourth-order valence-corrected chi connectivity index (χ4v) is 2.51. The average Bonchev–Trinajstić information content (AvgIpc) is 2.93. The van der Waals surface area contributed by atoms with E-state index in [2.05, 4.69) is 31.3 Å². The monoisotopic (exact) mass is 223 g/mol. The van der Waals surface area contributed by atoms with Crippen molar-refractivity contribution < 1.29 is 0 Å². The van der Waals surface area contributed by atoms with Crippen LogP contribution in [-0.2, 0) is 0 Å². The third kappa shape index (κ3) is 2.35. The minimum atomic E-state index is 0.443. The van der Waals surface area contributed by atoms with Gasteiger partial charge in [-0.3, -0.25) is 0 Å². The minimum absolute atomic E-state index is 0.443. The van der Waals surface area contributed by atoms with Gasteiger partial charge in [-0.25, -0.2) is 0 Å². The molecule has 1 N–H and O–H groups in total. The molecule has 3 unspecified atom stereocenters. The van der Waals surface area contributed by atoms with E-state index in [-0.39, 0.29) is 0 Å². The fraction of sp³-hybridized carbons (Fsp3) is 0.538. The highest BCUT2D eigenvalue weighted by Crippen LogP contribution is 2.48. The maximum atomic E-state index is 6.23. The van der Waals surface area contributed by atoms with Gasteiger partial charge in [-0.2, -0.15) is 0 Å². The van der Waals surface area contributed by atoms with E-state index in [4.69, 9.17) is 11.6 Å². The Hall–Kier alpha value is -0.530. The third-order valence-corrected chi connectivity index (χ3v) is 3.61. The summed E-state index contributed by atoms with van der Waals surface area (Å²) in [5.74, 6) is 1.61. The molecular weight excluding hydrogens is 206 g/mol. The van der Waals surface area contributed by atoms with Gasteiger partial charge in [0, 0.05) is 11.1 Å². The van der Waals surface area contributed by atoms with Crippen LogP contribution in [-0.4, -0.2) is 6.54 Å². The molecule has 1 aliphatic carbocycles. The van der Waals surface area contributed by atoms with Gasteiger partial charge in [0.1, 0.15) is 0 Å². The Bertz CT molecular complexity index is 337. The van der Waals surface area contributed by atoms with Gasteiger partial charge in [0.25, 0.3) is 0 Å². The van der Waals surface area contributed by atoms with Crippen LogP contribution in [0.2, 0.25) is 5.02 Å². The minimum Gasteiger partial charge on any atom is -0.310 e. The fourth-order valence-electron chi connectivity index (χ4n) is 2.25. The molecule has 0 saturated heterocycles. The lowest BCUT2D eigenvalue weighted by molar-refractivity contribution is 0.476. The molecule has 0 radical (unpaired) electrons. The summed E-state index contributed by atoms with van der Waals surface area (Å²) >= 11 is 6.23. The van der Waals surface area contributed by atoms with Crippen molar-refractivity contribution in [2.24, 2.45) is 11.8 Å². The first-order valence-electron chi connectivity index (χ1n) is 5.71. The van der Waals surface area contributed by atoms with Gasteiger partial charge in [0.15, 0.2) is 0 Å². The Morgan fingerprint density at radius 3 is 2.67 bits per heavy atom. The summed E-state index contributed by atoms with van der Waals surface area (Å²) in [6.45, 7) is 5.46. The van der Waals surface area contributed by atoms with Crippen LogP contribution in [0.25, 0.3) is 0 Å². The predicted molar refractivity (Wildman–Crippen MR) is 65.1 cm³/mol. The maximum Gasteiger partial charge on any atom is 0.0453 e. The van der Waals surface area contributed by atoms with Crippen LogP contribution in [0.5, 0.6) is 0 Å². The van der Waals surface area contributed by atoms with Crippen molar-refractivity contribution in [1.29, 1.82) is 0 Å². The van der Waals surface area contributed by atoms with E-state index < -0.39 is 0 Å². The molecule has 0 aromatic heterocycles. The van der Waals surface area contributed by atoms with Crippen LogP contribution in [0.3, 0.4) is 0 Å². The molecule has 0 aliphatic heterocycles. The normalized spacial score (nSPS) is 26.3. The average molecular weight is 224 g/mol. The highest BCUT2D eigenvalue weighted by molar-refractivity contribution is 6.31. The van der Waals surface area contributed by atoms with E-state index in [1.807, 2.05) is 12.1 Å². The number of benzene rings is 1. The standard InChI is InChI=1S/C13H18ClN/c1-3-15-13(11-8-9(11)2)10-6-4-5-7-12(10)14/h4-7,9,11,13,15H,3,8H2,1-2H3. The molecule has 1 aromatic carbocycles. The van der Waals surface area contributed by atoms with Gasteiger partial charge in [-0.1, -0.05) is 43.6 Å². The highest BCUT2D eigenvalue weighted by atomic mass is 35.5. The van der Waals surface area contributed by atoms with Gasteiger partial charge >= 0.3 is 0 Å².